The van der Waals surface area contributed by atoms with Gasteiger partial charge < -0.3 is 9.13 Å². The lowest BCUT2D eigenvalue weighted by atomic mass is 9.90. The fourth-order valence-electron chi connectivity index (χ4n) is 1.11. The smallest absolute Gasteiger partial charge is 0.382 e. The van der Waals surface area contributed by atoms with Gasteiger partial charge in [0.25, 0.3) is 0 Å². The predicted octanol–water partition coefficient (Wildman–Crippen LogP) is -0.704. The maximum absolute atomic E-state index is 8.48. The number of rotatable bonds is 1. The highest BCUT2D eigenvalue weighted by Gasteiger charge is 2.26. The third-order valence-corrected chi connectivity index (χ3v) is 2.00. The molecule has 0 spiro atoms. The van der Waals surface area contributed by atoms with Crippen molar-refractivity contribution in [3.63, 3.8) is 0 Å². The molecule has 0 N–H and O–H groups in total. The third kappa shape index (κ3) is 1.73. The van der Waals surface area contributed by atoms with Crippen molar-refractivity contribution in [2.45, 2.75) is 0 Å². The Morgan fingerprint density at radius 2 is 2.10 bits per heavy atom. The molecule has 0 aromatic heterocycles. The van der Waals surface area contributed by atoms with Crippen molar-refractivity contribution in [1.29, 1.82) is 5.26 Å². The number of nitrogens with zero attached hydrogens (tertiary/aromatic N) is 2. The maximum atomic E-state index is 8.48. The van der Waals surface area contributed by atoms with E-state index in [1.807, 2.05) is 0 Å². The first kappa shape index (κ1) is 7.58. The zero-order chi connectivity index (χ0) is 7.45. The lowest BCUT2D eigenvalue weighted by molar-refractivity contribution is -0.809. The van der Waals surface area contributed by atoms with Gasteiger partial charge in [0.2, 0.25) is 0 Å². The van der Waals surface area contributed by atoms with Crippen LogP contribution >= 0.6 is 0 Å². The first-order valence-electron chi connectivity index (χ1n) is 3.55. The zero-order valence-electron chi connectivity index (χ0n) is 6.34. The molecule has 1 aliphatic rings. The van der Waals surface area contributed by atoms with Gasteiger partial charge in [0.05, 0.1) is 39.3 Å². The van der Waals surface area contributed by atoms with Gasteiger partial charge in [-0.3, -0.25) is 0 Å². The molecule has 0 saturated carbocycles. The van der Waals surface area contributed by atoms with Crippen LogP contribution in [0, 0.1) is 11.2 Å². The molecule has 3 nitrogen and oxygen atoms in total. The molecule has 1 saturated heterocycles. The molecule has 1 aliphatic heterocycles. The Bertz CT molecular complexity index is 148. The molecule has 0 radical (unpaired) electrons. The zero-order valence-corrected chi connectivity index (χ0v) is 6.34. The van der Waals surface area contributed by atoms with E-state index in [-0.39, 0.29) is 0 Å². The molecule has 0 bridgehead atoms. The average Bonchev–Trinajstić information content (AvgIpc) is 1.89. The molecule has 1 rings (SSSR count). The van der Waals surface area contributed by atoms with Gasteiger partial charge in [-0.25, -0.2) is 5.26 Å². The summed E-state index contributed by atoms with van der Waals surface area (Å²) in [6.45, 7) is 3.57. The van der Waals surface area contributed by atoms with E-state index < -0.39 is 0 Å². The number of hydrogen-bond donors (Lipinski definition) is 0. The Labute approximate surface area is 62.0 Å². The Kier molecular flexibility index (Phi) is 2.31. The second kappa shape index (κ2) is 3.04. The van der Waals surface area contributed by atoms with E-state index in [2.05, 4.69) is 13.0 Å². The van der Waals surface area contributed by atoms with Crippen LogP contribution in [0.25, 0.3) is 0 Å². The molecule has 0 unspecified atom stereocenters. The fraction of sp³-hybridized carbons (Fsp3) is 0.833. The number of likely N-dealkylation sites (N-methyl/N-ethyl adjacent to an activating group) is 1. The van der Waals surface area contributed by atoms with Crippen LogP contribution in [0.4, 0.5) is 0 Å². The van der Waals surface area contributed by atoms with Crippen LogP contribution in [-0.2, 0) is 4.74 Å². The van der Waals surface area contributed by atoms with Crippen LogP contribution in [0.1, 0.15) is 0 Å². The van der Waals surface area contributed by atoms with Crippen molar-refractivity contribution in [3.05, 3.63) is 0 Å². The first-order chi connectivity index (χ1) is 4.77. The van der Waals surface area contributed by atoms with Crippen LogP contribution in [0.2, 0.25) is 0 Å². The van der Waals surface area contributed by atoms with Crippen molar-refractivity contribution >= 4 is 7.41 Å². The van der Waals surface area contributed by atoms with E-state index in [9.17, 15) is 0 Å². The highest BCUT2D eigenvalue weighted by atomic mass is 16.5. The molecule has 0 aromatic rings. The Hall–Kier alpha value is -0.525. The summed E-state index contributed by atoms with van der Waals surface area (Å²) in [6, 6.07) is 0. The summed E-state index contributed by atoms with van der Waals surface area (Å²) < 4.78 is 6.04. The van der Waals surface area contributed by atoms with Gasteiger partial charge in [0.1, 0.15) is 0 Å². The number of nitriles is 1. The van der Waals surface area contributed by atoms with Gasteiger partial charge in [-0.15, -0.1) is 0 Å². The van der Waals surface area contributed by atoms with E-state index in [1.54, 1.807) is 0 Å². The van der Waals surface area contributed by atoms with Crippen LogP contribution in [-0.4, -0.2) is 45.2 Å². The van der Waals surface area contributed by atoms with Crippen molar-refractivity contribution in [2.24, 2.45) is 0 Å². The quantitative estimate of drug-likeness (QED) is 0.450. The summed E-state index contributed by atoms with van der Waals surface area (Å²) in [5.41, 5.74) is 0. The summed E-state index contributed by atoms with van der Waals surface area (Å²) in [7, 11) is 2.72. The Morgan fingerprint density at radius 3 is 2.60 bits per heavy atom. The largest absolute Gasteiger partial charge is 0.506 e. The summed E-state index contributed by atoms with van der Waals surface area (Å²) in [5, 5.41) is 8.48. The van der Waals surface area contributed by atoms with E-state index in [4.69, 9.17) is 10.00 Å². The summed E-state index contributed by atoms with van der Waals surface area (Å²) >= 11 is 0. The van der Waals surface area contributed by atoms with Crippen molar-refractivity contribution in [3.8, 4) is 5.97 Å². The summed E-state index contributed by atoms with van der Waals surface area (Å²) in [4.78, 5) is 0. The normalized spacial score (nSPS) is 23.2. The molecule has 4 heteroatoms. The van der Waals surface area contributed by atoms with E-state index in [0.29, 0.717) is 7.41 Å². The average molecular weight is 139 g/mol. The van der Waals surface area contributed by atoms with Crippen LogP contribution < -0.4 is 0 Å². The molecule has 1 heterocycles. The van der Waals surface area contributed by atoms with Crippen LogP contribution in [0.3, 0.4) is 0 Å². The minimum absolute atomic E-state index is 0.614. The molecule has 0 amide bonds. The number of hydrogen-bond acceptors (Lipinski definition) is 2. The Morgan fingerprint density at radius 1 is 1.50 bits per heavy atom. The lowest BCUT2D eigenvalue weighted by Crippen LogP contribution is -2.53. The number of ether oxygens (including phenoxy) is 1. The van der Waals surface area contributed by atoms with Gasteiger partial charge in [-0.2, -0.15) is 0 Å². The third-order valence-electron chi connectivity index (χ3n) is 2.00. The highest BCUT2D eigenvalue weighted by molar-refractivity contribution is 6.36. The molecular weight excluding hydrogens is 127 g/mol. The van der Waals surface area contributed by atoms with Crippen LogP contribution in [0.15, 0.2) is 0 Å². The minimum atomic E-state index is 0.614. The van der Waals surface area contributed by atoms with Gasteiger partial charge in [-0.05, 0) is 0 Å². The summed E-state index contributed by atoms with van der Waals surface area (Å²) in [5.74, 6) is 2.19. The number of quaternary nitrogens is 1. The van der Waals surface area contributed by atoms with Gasteiger partial charge in [0.15, 0.2) is 0 Å². The van der Waals surface area contributed by atoms with E-state index >= 15 is 0 Å². The standard InChI is InChI=1S/C6H12BN2O/c1-9(7-6-8)2-4-10-5-3-9/h7H,2-5H2,1H3/q+1. The van der Waals surface area contributed by atoms with Crippen molar-refractivity contribution < 1.29 is 9.13 Å². The van der Waals surface area contributed by atoms with Gasteiger partial charge >= 0.3 is 7.41 Å². The second-order valence-electron chi connectivity index (χ2n) is 3.00. The molecule has 10 heavy (non-hydrogen) atoms. The highest BCUT2D eigenvalue weighted by Crippen LogP contribution is 2.03. The van der Waals surface area contributed by atoms with Gasteiger partial charge in [0, 0.05) is 0 Å². The van der Waals surface area contributed by atoms with Gasteiger partial charge in [-0.1, -0.05) is 0 Å². The molecule has 1 fully saturated rings. The minimum Gasteiger partial charge on any atom is -0.382 e. The van der Waals surface area contributed by atoms with Crippen LogP contribution in [0.5, 0.6) is 0 Å². The second-order valence-corrected chi connectivity index (χ2v) is 3.00. The summed E-state index contributed by atoms with van der Waals surface area (Å²) in [6.07, 6.45) is 0. The lowest BCUT2D eigenvalue weighted by Gasteiger charge is -2.35. The fourth-order valence-corrected chi connectivity index (χ4v) is 1.11. The Balaban J connectivity index is 2.42. The molecular formula is C6H12BN2O+. The predicted molar refractivity (Wildman–Crippen MR) is 39.5 cm³/mol. The molecule has 0 atom stereocenters. The molecule has 54 valence electrons. The molecule has 0 aliphatic carbocycles. The SMILES string of the molecule is C[N+]1(BC#N)CCOCC1. The number of morpholine rings is 1. The molecule has 0 aromatic carbocycles. The van der Waals surface area contributed by atoms with Crippen molar-refractivity contribution in [2.75, 3.05) is 33.4 Å². The first-order valence-corrected chi connectivity index (χ1v) is 3.55. The van der Waals surface area contributed by atoms with Crippen molar-refractivity contribution in [1.82, 2.24) is 0 Å². The maximum Gasteiger partial charge on any atom is 0.506 e. The van der Waals surface area contributed by atoms with E-state index in [0.717, 1.165) is 30.7 Å². The topological polar surface area (TPSA) is 33.0 Å². The monoisotopic (exact) mass is 139 g/mol. The van der Waals surface area contributed by atoms with E-state index in [1.165, 1.54) is 0 Å².